The molecule has 5 nitrogen and oxygen atoms in total. The lowest BCUT2D eigenvalue weighted by Gasteiger charge is -2.00. The number of hydrogen-bond donors (Lipinski definition) is 2. The van der Waals surface area contributed by atoms with E-state index in [2.05, 4.69) is 17.9 Å². The molecule has 0 saturated carbocycles. The van der Waals surface area contributed by atoms with Gasteiger partial charge in [-0.1, -0.05) is 19.9 Å². The van der Waals surface area contributed by atoms with E-state index in [0.29, 0.717) is 6.61 Å². The minimum absolute atomic E-state index is 0.356. The van der Waals surface area contributed by atoms with Gasteiger partial charge in [0.25, 0.3) is 0 Å². The molecule has 0 spiro atoms. The molecular weight excluding hydrogens is 200 g/mol. The maximum Gasteiger partial charge on any atom is 0.372 e. The predicted molar refractivity (Wildman–Crippen MR) is 55.5 cm³/mol. The highest BCUT2D eigenvalue weighted by Gasteiger charge is 2.03. The van der Waals surface area contributed by atoms with Gasteiger partial charge in [-0.15, -0.1) is 0 Å². The average Bonchev–Trinajstić information content (AvgIpc) is 2.18. The molecule has 0 aliphatic carbocycles. The predicted octanol–water partition coefficient (Wildman–Crippen LogP) is 1.66. The molecule has 0 aromatic rings. The SMILES string of the molecule is C=C(O)C(=O)OCCCC.C=CC(=O)O. The largest absolute Gasteiger partial charge is 0.502 e. The summed E-state index contributed by atoms with van der Waals surface area (Å²) in [5.41, 5.74) is 0. The number of carboxylic acids is 1. The third-order valence-electron chi connectivity index (χ3n) is 1.14. The number of aliphatic hydroxyl groups excluding tert-OH is 1. The molecule has 2 N–H and O–H groups in total. The molecule has 0 aliphatic heterocycles. The summed E-state index contributed by atoms with van der Waals surface area (Å²) in [5.74, 6) is -2.24. The van der Waals surface area contributed by atoms with Gasteiger partial charge in [-0.2, -0.15) is 0 Å². The van der Waals surface area contributed by atoms with Crippen LogP contribution in [0, 0.1) is 0 Å². The first-order chi connectivity index (χ1) is 6.95. The maximum absolute atomic E-state index is 10.4. The molecule has 15 heavy (non-hydrogen) atoms. The number of esters is 1. The number of hydrogen-bond acceptors (Lipinski definition) is 4. The van der Waals surface area contributed by atoms with Crippen molar-refractivity contribution in [1.29, 1.82) is 0 Å². The number of carbonyl (C=O) groups excluding carboxylic acids is 1. The minimum atomic E-state index is -0.981. The van der Waals surface area contributed by atoms with Crippen LogP contribution >= 0.6 is 0 Å². The van der Waals surface area contributed by atoms with E-state index in [1.165, 1.54) is 0 Å². The van der Waals surface area contributed by atoms with Crippen LogP contribution in [0.15, 0.2) is 25.0 Å². The molecule has 0 radical (unpaired) electrons. The number of unbranched alkanes of at least 4 members (excludes halogenated alkanes) is 1. The molecule has 5 heteroatoms. The van der Waals surface area contributed by atoms with E-state index >= 15 is 0 Å². The van der Waals surface area contributed by atoms with Crippen LogP contribution in [-0.2, 0) is 14.3 Å². The van der Waals surface area contributed by atoms with Gasteiger partial charge < -0.3 is 14.9 Å². The first kappa shape index (κ1) is 15.7. The van der Waals surface area contributed by atoms with Crippen molar-refractivity contribution in [3.05, 3.63) is 25.0 Å². The number of ether oxygens (including phenoxy) is 1. The van der Waals surface area contributed by atoms with Crippen LogP contribution in [0.1, 0.15) is 19.8 Å². The molecule has 0 heterocycles. The monoisotopic (exact) mass is 216 g/mol. The van der Waals surface area contributed by atoms with Crippen molar-refractivity contribution in [1.82, 2.24) is 0 Å². The van der Waals surface area contributed by atoms with Crippen LogP contribution in [0.5, 0.6) is 0 Å². The Kier molecular flexibility index (Phi) is 10.8. The van der Waals surface area contributed by atoms with Crippen LogP contribution < -0.4 is 0 Å². The number of aliphatic carboxylic acids is 1. The summed E-state index contributed by atoms with van der Waals surface area (Å²) in [5, 5.41) is 16.1. The van der Waals surface area contributed by atoms with Crippen molar-refractivity contribution in [2.45, 2.75) is 19.8 Å². The molecule has 0 rings (SSSR count). The number of aliphatic hydroxyl groups is 1. The van der Waals surface area contributed by atoms with Gasteiger partial charge in [0, 0.05) is 6.08 Å². The molecule has 0 aliphatic rings. The molecule has 0 atom stereocenters. The van der Waals surface area contributed by atoms with Crippen molar-refractivity contribution in [3.63, 3.8) is 0 Å². The highest BCUT2D eigenvalue weighted by Crippen LogP contribution is 1.92. The van der Waals surface area contributed by atoms with Gasteiger partial charge in [0.1, 0.15) is 0 Å². The van der Waals surface area contributed by atoms with Crippen molar-refractivity contribution in [2.75, 3.05) is 6.61 Å². The number of carbonyl (C=O) groups is 2. The zero-order valence-electron chi connectivity index (χ0n) is 8.73. The minimum Gasteiger partial charge on any atom is -0.502 e. The van der Waals surface area contributed by atoms with Crippen LogP contribution in [0.3, 0.4) is 0 Å². The fourth-order valence-electron chi connectivity index (χ4n) is 0.393. The van der Waals surface area contributed by atoms with E-state index < -0.39 is 17.7 Å². The van der Waals surface area contributed by atoms with E-state index in [1.807, 2.05) is 6.92 Å². The van der Waals surface area contributed by atoms with E-state index in [-0.39, 0.29) is 0 Å². The Hall–Kier alpha value is -1.78. The molecule has 0 amide bonds. The first-order valence-corrected chi connectivity index (χ1v) is 4.36. The molecule has 0 aromatic heterocycles. The molecule has 0 unspecified atom stereocenters. The standard InChI is InChI=1S/C7H12O3.C3H4O2/c1-3-4-5-10-7(9)6(2)8;1-2-3(4)5/h8H,2-5H2,1H3;2H,1H2,(H,4,5). The van der Waals surface area contributed by atoms with Crippen LogP contribution in [0.25, 0.3) is 0 Å². The summed E-state index contributed by atoms with van der Waals surface area (Å²) in [4.78, 5) is 19.7. The lowest BCUT2D eigenvalue weighted by molar-refractivity contribution is -0.142. The summed E-state index contributed by atoms with van der Waals surface area (Å²) in [6.07, 6.45) is 2.62. The van der Waals surface area contributed by atoms with Gasteiger partial charge in [-0.3, -0.25) is 0 Å². The fourth-order valence-corrected chi connectivity index (χ4v) is 0.393. The Morgan fingerprint density at radius 3 is 2.13 bits per heavy atom. The summed E-state index contributed by atoms with van der Waals surface area (Å²) >= 11 is 0. The van der Waals surface area contributed by atoms with Crippen LogP contribution in [0.2, 0.25) is 0 Å². The third kappa shape index (κ3) is 15.0. The smallest absolute Gasteiger partial charge is 0.372 e. The van der Waals surface area contributed by atoms with Gasteiger partial charge in [0.15, 0.2) is 5.76 Å². The normalized spacial score (nSPS) is 8.07. The van der Waals surface area contributed by atoms with E-state index in [0.717, 1.165) is 18.9 Å². The van der Waals surface area contributed by atoms with Gasteiger partial charge >= 0.3 is 11.9 Å². The van der Waals surface area contributed by atoms with Gasteiger partial charge in [-0.05, 0) is 13.0 Å². The second-order valence-corrected chi connectivity index (χ2v) is 2.48. The quantitative estimate of drug-likeness (QED) is 0.316. The fraction of sp³-hybridized carbons (Fsp3) is 0.400. The first-order valence-electron chi connectivity index (χ1n) is 4.36. The molecular formula is C10H16O5. The van der Waals surface area contributed by atoms with Crippen LogP contribution in [-0.4, -0.2) is 28.8 Å². The van der Waals surface area contributed by atoms with Gasteiger partial charge in [0.05, 0.1) is 6.61 Å². The second kappa shape index (κ2) is 10.3. The van der Waals surface area contributed by atoms with Crippen LogP contribution in [0.4, 0.5) is 0 Å². The Morgan fingerprint density at radius 1 is 1.40 bits per heavy atom. The summed E-state index contributed by atoms with van der Waals surface area (Å²) < 4.78 is 4.56. The van der Waals surface area contributed by atoms with Gasteiger partial charge in [0.2, 0.25) is 0 Å². The lowest BCUT2D eigenvalue weighted by atomic mass is 10.4. The maximum atomic E-state index is 10.4. The Bertz CT molecular complexity index is 232. The third-order valence-corrected chi connectivity index (χ3v) is 1.14. The van der Waals surface area contributed by atoms with Crippen molar-refractivity contribution < 1.29 is 24.5 Å². The molecule has 0 saturated heterocycles. The zero-order chi connectivity index (χ0) is 12.3. The Labute approximate surface area is 88.7 Å². The average molecular weight is 216 g/mol. The zero-order valence-corrected chi connectivity index (χ0v) is 8.73. The van der Waals surface area contributed by atoms with E-state index in [4.69, 9.17) is 10.2 Å². The topological polar surface area (TPSA) is 83.8 Å². The van der Waals surface area contributed by atoms with E-state index in [9.17, 15) is 9.59 Å². The van der Waals surface area contributed by atoms with Crippen molar-refractivity contribution in [3.8, 4) is 0 Å². The summed E-state index contributed by atoms with van der Waals surface area (Å²) in [6.45, 7) is 8.32. The Morgan fingerprint density at radius 2 is 1.87 bits per heavy atom. The highest BCUT2D eigenvalue weighted by molar-refractivity contribution is 5.84. The lowest BCUT2D eigenvalue weighted by Crippen LogP contribution is -2.07. The number of carboxylic acid groups (broad SMARTS) is 1. The van der Waals surface area contributed by atoms with E-state index in [1.54, 1.807) is 0 Å². The number of rotatable bonds is 5. The summed E-state index contributed by atoms with van der Waals surface area (Å²) in [7, 11) is 0. The molecule has 0 aromatic carbocycles. The van der Waals surface area contributed by atoms with Crippen molar-refractivity contribution in [2.24, 2.45) is 0 Å². The Balaban J connectivity index is 0. The molecule has 0 fully saturated rings. The van der Waals surface area contributed by atoms with Crippen molar-refractivity contribution >= 4 is 11.9 Å². The second-order valence-electron chi connectivity index (χ2n) is 2.48. The summed E-state index contributed by atoms with van der Waals surface area (Å²) in [6, 6.07) is 0. The van der Waals surface area contributed by atoms with Gasteiger partial charge in [-0.25, -0.2) is 9.59 Å². The molecule has 86 valence electrons. The molecule has 0 bridgehead atoms. The highest BCUT2D eigenvalue weighted by atomic mass is 16.5.